The van der Waals surface area contributed by atoms with E-state index in [1.807, 2.05) is 19.9 Å². The highest BCUT2D eigenvalue weighted by molar-refractivity contribution is 5.98. The Bertz CT molecular complexity index is 592. The Morgan fingerprint density at radius 1 is 1.15 bits per heavy atom. The van der Waals surface area contributed by atoms with Crippen LogP contribution in [0.4, 0.5) is 16.4 Å². The Kier molecular flexibility index (Phi) is 4.09. The van der Waals surface area contributed by atoms with Gasteiger partial charge in [-0.25, -0.2) is 19.7 Å². The average Bonchev–Trinajstić information content (AvgIpc) is 2.38. The number of carbonyl (C=O) groups is 1. The molecule has 0 aliphatic heterocycles. The van der Waals surface area contributed by atoms with Crippen LogP contribution in [-0.2, 0) is 0 Å². The molecule has 104 valence electrons. The van der Waals surface area contributed by atoms with Crippen molar-refractivity contribution in [1.82, 2.24) is 15.0 Å². The van der Waals surface area contributed by atoms with Gasteiger partial charge in [-0.1, -0.05) is 0 Å². The van der Waals surface area contributed by atoms with Gasteiger partial charge >= 0.3 is 6.03 Å². The first-order chi connectivity index (χ1) is 9.56. The smallest absolute Gasteiger partial charge is 0.326 e. The lowest BCUT2D eigenvalue weighted by atomic mass is 10.4. The van der Waals surface area contributed by atoms with Gasteiger partial charge in [0.1, 0.15) is 0 Å². The molecule has 2 N–H and O–H groups in total. The number of nitrogens with one attached hydrogen (secondary N) is 2. The van der Waals surface area contributed by atoms with Crippen molar-refractivity contribution in [3.63, 3.8) is 0 Å². The van der Waals surface area contributed by atoms with Crippen LogP contribution in [0.2, 0.25) is 0 Å². The predicted octanol–water partition coefficient (Wildman–Crippen LogP) is 2.14. The zero-order valence-electron chi connectivity index (χ0n) is 11.5. The van der Waals surface area contributed by atoms with E-state index in [2.05, 4.69) is 25.6 Å². The van der Waals surface area contributed by atoms with Gasteiger partial charge in [-0.15, -0.1) is 0 Å². The standard InChI is InChI=1S/C13H15N5O2/c1-8-6-9(2)16-12(15-8)18-13(19)17-10-4-5-11(20-3)14-7-10/h4-7H,1-3H3,(H2,15,16,17,18,19). The van der Waals surface area contributed by atoms with Crippen molar-refractivity contribution in [2.45, 2.75) is 13.8 Å². The highest BCUT2D eigenvalue weighted by Gasteiger charge is 2.06. The summed E-state index contributed by atoms with van der Waals surface area (Å²) in [6.45, 7) is 3.68. The van der Waals surface area contributed by atoms with Crippen molar-refractivity contribution in [1.29, 1.82) is 0 Å². The summed E-state index contributed by atoms with van der Waals surface area (Å²) < 4.78 is 4.94. The largest absolute Gasteiger partial charge is 0.481 e. The van der Waals surface area contributed by atoms with Crippen LogP contribution in [0.3, 0.4) is 0 Å². The molecule has 20 heavy (non-hydrogen) atoms. The Balaban J connectivity index is 2.01. The van der Waals surface area contributed by atoms with Gasteiger partial charge in [-0.3, -0.25) is 5.32 Å². The molecular formula is C13H15N5O2. The molecule has 0 aliphatic rings. The van der Waals surface area contributed by atoms with Crippen LogP contribution >= 0.6 is 0 Å². The van der Waals surface area contributed by atoms with Gasteiger partial charge in [-0.2, -0.15) is 0 Å². The molecule has 0 fully saturated rings. The first-order valence-corrected chi connectivity index (χ1v) is 5.97. The van der Waals surface area contributed by atoms with Crippen molar-refractivity contribution in [2.75, 3.05) is 17.7 Å². The molecule has 0 atom stereocenters. The number of hydrogen-bond donors (Lipinski definition) is 2. The Hall–Kier alpha value is -2.70. The van der Waals surface area contributed by atoms with Gasteiger partial charge in [0.15, 0.2) is 0 Å². The van der Waals surface area contributed by atoms with E-state index < -0.39 is 6.03 Å². The fourth-order valence-corrected chi connectivity index (χ4v) is 1.62. The number of hydrogen-bond acceptors (Lipinski definition) is 5. The molecule has 2 rings (SSSR count). The second-order valence-corrected chi connectivity index (χ2v) is 4.14. The van der Waals surface area contributed by atoms with Crippen LogP contribution in [0.25, 0.3) is 0 Å². The lowest BCUT2D eigenvalue weighted by Gasteiger charge is -2.07. The van der Waals surface area contributed by atoms with Gasteiger partial charge in [0.25, 0.3) is 0 Å². The third kappa shape index (κ3) is 3.64. The minimum absolute atomic E-state index is 0.265. The van der Waals surface area contributed by atoms with Crippen LogP contribution < -0.4 is 15.4 Å². The monoisotopic (exact) mass is 273 g/mol. The van der Waals surface area contributed by atoms with E-state index in [0.717, 1.165) is 11.4 Å². The number of rotatable bonds is 3. The number of anilines is 2. The molecule has 0 aliphatic carbocycles. The summed E-state index contributed by atoms with van der Waals surface area (Å²) in [7, 11) is 1.53. The number of nitrogens with zero attached hydrogens (tertiary/aromatic N) is 3. The van der Waals surface area contributed by atoms with E-state index >= 15 is 0 Å². The summed E-state index contributed by atoms with van der Waals surface area (Å²) in [5, 5.41) is 5.20. The molecule has 7 nitrogen and oxygen atoms in total. The van der Waals surface area contributed by atoms with Gasteiger partial charge in [0.05, 0.1) is 19.0 Å². The molecule has 2 aromatic heterocycles. The maximum atomic E-state index is 11.8. The van der Waals surface area contributed by atoms with Gasteiger partial charge in [0.2, 0.25) is 11.8 Å². The number of carbonyl (C=O) groups excluding carboxylic acids is 1. The fraction of sp³-hybridized carbons (Fsp3) is 0.231. The molecule has 0 saturated heterocycles. The number of ether oxygens (including phenoxy) is 1. The molecule has 2 heterocycles. The summed E-state index contributed by atoms with van der Waals surface area (Å²) in [4.78, 5) is 24.0. The molecular weight excluding hydrogens is 258 g/mol. The molecule has 0 spiro atoms. The van der Waals surface area contributed by atoms with Crippen LogP contribution in [-0.4, -0.2) is 28.1 Å². The van der Waals surface area contributed by atoms with Crippen LogP contribution in [0.15, 0.2) is 24.4 Å². The second kappa shape index (κ2) is 5.96. The van der Waals surface area contributed by atoms with E-state index in [0.29, 0.717) is 11.6 Å². The van der Waals surface area contributed by atoms with Crippen molar-refractivity contribution >= 4 is 17.7 Å². The third-order valence-electron chi connectivity index (χ3n) is 2.41. The maximum absolute atomic E-state index is 11.8. The molecule has 0 saturated carbocycles. The highest BCUT2D eigenvalue weighted by Crippen LogP contribution is 2.11. The first kappa shape index (κ1) is 13.7. The Morgan fingerprint density at radius 2 is 1.85 bits per heavy atom. The topological polar surface area (TPSA) is 89.0 Å². The number of pyridine rings is 1. The normalized spacial score (nSPS) is 9.95. The lowest BCUT2D eigenvalue weighted by molar-refractivity contribution is 0.262. The molecule has 0 unspecified atom stereocenters. The van der Waals surface area contributed by atoms with E-state index in [1.54, 1.807) is 12.1 Å². The summed E-state index contributed by atoms with van der Waals surface area (Å²) in [6, 6.07) is 4.75. The minimum atomic E-state index is -0.429. The Morgan fingerprint density at radius 3 is 2.40 bits per heavy atom. The van der Waals surface area contributed by atoms with Crippen LogP contribution in [0.1, 0.15) is 11.4 Å². The molecule has 0 bridgehead atoms. The Labute approximate surface area is 116 Å². The number of urea groups is 1. The van der Waals surface area contributed by atoms with E-state index in [1.165, 1.54) is 13.3 Å². The zero-order valence-corrected chi connectivity index (χ0v) is 11.5. The van der Waals surface area contributed by atoms with Crippen LogP contribution in [0.5, 0.6) is 5.88 Å². The second-order valence-electron chi connectivity index (χ2n) is 4.14. The van der Waals surface area contributed by atoms with E-state index in [-0.39, 0.29) is 5.95 Å². The first-order valence-electron chi connectivity index (χ1n) is 5.97. The SMILES string of the molecule is COc1ccc(NC(=O)Nc2nc(C)cc(C)n2)cn1. The number of aryl methyl sites for hydroxylation is 2. The minimum Gasteiger partial charge on any atom is -0.481 e. The number of methoxy groups -OCH3 is 1. The summed E-state index contributed by atoms with van der Waals surface area (Å²) in [6.07, 6.45) is 1.50. The third-order valence-corrected chi connectivity index (χ3v) is 2.41. The average molecular weight is 273 g/mol. The lowest BCUT2D eigenvalue weighted by Crippen LogP contribution is -2.21. The quantitative estimate of drug-likeness (QED) is 0.894. The molecule has 0 aromatic carbocycles. The fourth-order valence-electron chi connectivity index (χ4n) is 1.62. The maximum Gasteiger partial charge on any atom is 0.326 e. The molecule has 7 heteroatoms. The van der Waals surface area contributed by atoms with Gasteiger partial charge < -0.3 is 10.1 Å². The highest BCUT2D eigenvalue weighted by atomic mass is 16.5. The van der Waals surface area contributed by atoms with Gasteiger partial charge in [0, 0.05) is 17.5 Å². The van der Waals surface area contributed by atoms with E-state index in [4.69, 9.17) is 4.74 Å². The van der Waals surface area contributed by atoms with Crippen molar-refractivity contribution < 1.29 is 9.53 Å². The number of amides is 2. The van der Waals surface area contributed by atoms with Crippen molar-refractivity contribution in [3.8, 4) is 5.88 Å². The van der Waals surface area contributed by atoms with Gasteiger partial charge in [-0.05, 0) is 26.0 Å². The van der Waals surface area contributed by atoms with Crippen molar-refractivity contribution in [3.05, 3.63) is 35.8 Å². The molecule has 0 radical (unpaired) electrons. The number of aromatic nitrogens is 3. The summed E-state index contributed by atoms with van der Waals surface area (Å²) >= 11 is 0. The summed E-state index contributed by atoms with van der Waals surface area (Å²) in [5.74, 6) is 0.745. The van der Waals surface area contributed by atoms with Crippen LogP contribution in [0, 0.1) is 13.8 Å². The molecule has 2 aromatic rings. The predicted molar refractivity (Wildman–Crippen MR) is 74.9 cm³/mol. The summed E-state index contributed by atoms with van der Waals surface area (Å²) in [5.41, 5.74) is 2.13. The van der Waals surface area contributed by atoms with Crippen molar-refractivity contribution in [2.24, 2.45) is 0 Å². The van der Waals surface area contributed by atoms with E-state index in [9.17, 15) is 4.79 Å². The zero-order chi connectivity index (χ0) is 14.5. The molecule has 2 amide bonds.